The van der Waals surface area contributed by atoms with Crippen LogP contribution in [0.3, 0.4) is 0 Å². The predicted octanol–water partition coefficient (Wildman–Crippen LogP) is 3.12. The van der Waals surface area contributed by atoms with Crippen molar-refractivity contribution in [2.24, 2.45) is 10.9 Å². The van der Waals surface area contributed by atoms with Gasteiger partial charge in [0.2, 0.25) is 0 Å². The number of nitrogens with one attached hydrogen (secondary N) is 2. The molecule has 132 valence electrons. The van der Waals surface area contributed by atoms with Crippen LogP contribution >= 0.6 is 11.3 Å². The van der Waals surface area contributed by atoms with E-state index in [9.17, 15) is 0 Å². The second-order valence-corrected chi connectivity index (χ2v) is 6.96. The fourth-order valence-corrected chi connectivity index (χ4v) is 3.17. The third-order valence-corrected chi connectivity index (χ3v) is 4.79. The number of aliphatic hydroxyl groups is 1. The van der Waals surface area contributed by atoms with Gasteiger partial charge in [-0.05, 0) is 25.7 Å². The first-order valence-electron chi connectivity index (χ1n) is 8.67. The SMILES string of the molecule is CCCC(CCO)CNC(=NCc1csc(C(C)C)n1)NCC. The lowest BCUT2D eigenvalue weighted by atomic mass is 10.0. The van der Waals surface area contributed by atoms with Crippen molar-refractivity contribution in [1.82, 2.24) is 15.6 Å². The number of aromatic nitrogens is 1. The molecule has 1 rings (SSSR count). The van der Waals surface area contributed by atoms with Gasteiger partial charge in [0, 0.05) is 31.0 Å². The lowest BCUT2D eigenvalue weighted by molar-refractivity contribution is 0.251. The summed E-state index contributed by atoms with van der Waals surface area (Å²) in [5, 5.41) is 19.1. The number of hydrogen-bond donors (Lipinski definition) is 3. The molecule has 0 bridgehead atoms. The van der Waals surface area contributed by atoms with Crippen LogP contribution in [0, 0.1) is 5.92 Å². The van der Waals surface area contributed by atoms with Crippen molar-refractivity contribution in [3.63, 3.8) is 0 Å². The number of nitrogens with zero attached hydrogens (tertiary/aromatic N) is 2. The van der Waals surface area contributed by atoms with E-state index in [0.29, 0.717) is 18.4 Å². The van der Waals surface area contributed by atoms with E-state index in [1.54, 1.807) is 11.3 Å². The van der Waals surface area contributed by atoms with Gasteiger partial charge in [-0.3, -0.25) is 0 Å². The summed E-state index contributed by atoms with van der Waals surface area (Å²) in [5.41, 5.74) is 1.02. The van der Waals surface area contributed by atoms with E-state index < -0.39 is 0 Å². The summed E-state index contributed by atoms with van der Waals surface area (Å²) in [6.45, 7) is 11.1. The minimum Gasteiger partial charge on any atom is -0.396 e. The Morgan fingerprint density at radius 3 is 2.65 bits per heavy atom. The number of rotatable bonds is 10. The number of aliphatic imine (C=N–C) groups is 1. The smallest absolute Gasteiger partial charge is 0.191 e. The van der Waals surface area contributed by atoms with Gasteiger partial charge in [0.25, 0.3) is 0 Å². The number of thiazole rings is 1. The molecule has 6 heteroatoms. The van der Waals surface area contributed by atoms with Gasteiger partial charge in [0.05, 0.1) is 17.2 Å². The van der Waals surface area contributed by atoms with Crippen LogP contribution in [0.25, 0.3) is 0 Å². The maximum absolute atomic E-state index is 9.15. The van der Waals surface area contributed by atoms with E-state index in [-0.39, 0.29) is 6.61 Å². The van der Waals surface area contributed by atoms with Gasteiger partial charge in [-0.1, -0.05) is 27.2 Å². The Balaban J connectivity index is 2.57. The summed E-state index contributed by atoms with van der Waals surface area (Å²) >= 11 is 1.71. The van der Waals surface area contributed by atoms with E-state index in [1.165, 1.54) is 5.01 Å². The van der Waals surface area contributed by atoms with Gasteiger partial charge in [0.15, 0.2) is 5.96 Å². The van der Waals surface area contributed by atoms with Crippen LogP contribution in [0.15, 0.2) is 10.4 Å². The van der Waals surface area contributed by atoms with Gasteiger partial charge in [-0.25, -0.2) is 9.98 Å². The van der Waals surface area contributed by atoms with E-state index >= 15 is 0 Å². The second kappa shape index (κ2) is 11.4. The topological polar surface area (TPSA) is 69.5 Å². The van der Waals surface area contributed by atoms with Crippen LogP contribution < -0.4 is 10.6 Å². The summed E-state index contributed by atoms with van der Waals surface area (Å²) in [6.07, 6.45) is 3.09. The maximum Gasteiger partial charge on any atom is 0.191 e. The molecule has 0 aromatic carbocycles. The number of hydrogen-bond acceptors (Lipinski definition) is 4. The molecule has 1 atom stereocenters. The molecule has 1 heterocycles. The van der Waals surface area contributed by atoms with Crippen molar-refractivity contribution in [2.75, 3.05) is 19.7 Å². The Hall–Kier alpha value is -1.14. The van der Waals surface area contributed by atoms with Crippen molar-refractivity contribution in [1.29, 1.82) is 0 Å². The molecule has 0 fully saturated rings. The maximum atomic E-state index is 9.15. The monoisotopic (exact) mass is 340 g/mol. The Morgan fingerprint density at radius 1 is 1.30 bits per heavy atom. The first-order valence-corrected chi connectivity index (χ1v) is 9.55. The van der Waals surface area contributed by atoms with Gasteiger partial charge >= 0.3 is 0 Å². The molecule has 0 spiro atoms. The third-order valence-electron chi connectivity index (χ3n) is 3.60. The predicted molar refractivity (Wildman–Crippen MR) is 99.1 cm³/mol. The highest BCUT2D eigenvalue weighted by atomic mass is 32.1. The van der Waals surface area contributed by atoms with Gasteiger partial charge in [0.1, 0.15) is 0 Å². The molecule has 0 aliphatic carbocycles. The molecule has 0 aliphatic rings. The Kier molecular flexibility index (Phi) is 9.87. The Bertz CT molecular complexity index is 453. The fourth-order valence-electron chi connectivity index (χ4n) is 2.34. The molecule has 1 aromatic rings. The molecule has 5 nitrogen and oxygen atoms in total. The van der Waals surface area contributed by atoms with Crippen molar-refractivity contribution in [3.05, 3.63) is 16.1 Å². The van der Waals surface area contributed by atoms with Gasteiger partial charge < -0.3 is 15.7 Å². The number of aliphatic hydroxyl groups excluding tert-OH is 1. The highest BCUT2D eigenvalue weighted by Crippen LogP contribution is 2.19. The van der Waals surface area contributed by atoms with Crippen LogP contribution in [0.2, 0.25) is 0 Å². The average Bonchev–Trinajstić information content (AvgIpc) is 2.99. The molecule has 23 heavy (non-hydrogen) atoms. The first kappa shape index (κ1) is 19.9. The molecule has 3 N–H and O–H groups in total. The summed E-state index contributed by atoms with van der Waals surface area (Å²) in [6, 6.07) is 0. The molecular formula is C17H32N4OS. The highest BCUT2D eigenvalue weighted by Gasteiger charge is 2.09. The van der Waals surface area contributed by atoms with E-state index in [1.807, 2.05) is 0 Å². The summed E-state index contributed by atoms with van der Waals surface area (Å²) in [7, 11) is 0. The van der Waals surface area contributed by atoms with E-state index in [0.717, 1.165) is 44.0 Å². The van der Waals surface area contributed by atoms with Crippen LogP contribution in [-0.2, 0) is 6.54 Å². The van der Waals surface area contributed by atoms with Crippen molar-refractivity contribution < 1.29 is 5.11 Å². The van der Waals surface area contributed by atoms with Gasteiger partial charge in [-0.15, -0.1) is 11.3 Å². The molecule has 0 amide bonds. The van der Waals surface area contributed by atoms with Crippen LogP contribution in [0.1, 0.15) is 63.6 Å². The van der Waals surface area contributed by atoms with Crippen molar-refractivity contribution in [3.8, 4) is 0 Å². The van der Waals surface area contributed by atoms with Gasteiger partial charge in [-0.2, -0.15) is 0 Å². The minimum absolute atomic E-state index is 0.247. The van der Waals surface area contributed by atoms with Crippen LogP contribution in [0.5, 0.6) is 0 Å². The molecule has 0 saturated carbocycles. The summed E-state index contributed by atoms with van der Waals surface area (Å²) in [5.74, 6) is 1.78. The second-order valence-electron chi connectivity index (χ2n) is 6.07. The Morgan fingerprint density at radius 2 is 2.09 bits per heavy atom. The van der Waals surface area contributed by atoms with Crippen molar-refractivity contribution >= 4 is 17.3 Å². The van der Waals surface area contributed by atoms with E-state index in [4.69, 9.17) is 5.11 Å². The van der Waals surface area contributed by atoms with Crippen LogP contribution in [0.4, 0.5) is 0 Å². The number of guanidine groups is 1. The largest absolute Gasteiger partial charge is 0.396 e. The van der Waals surface area contributed by atoms with E-state index in [2.05, 4.69) is 53.7 Å². The molecule has 1 aromatic heterocycles. The standard InChI is InChI=1S/C17H32N4OS/c1-5-7-14(8-9-22)10-19-17(18-6-2)20-11-15-12-23-16(21-15)13(3)4/h12-14,22H,5-11H2,1-4H3,(H2,18,19,20). The zero-order chi connectivity index (χ0) is 17.1. The fraction of sp³-hybridized carbons (Fsp3) is 0.765. The third kappa shape index (κ3) is 7.79. The molecule has 1 unspecified atom stereocenters. The normalized spacial score (nSPS) is 13.4. The van der Waals surface area contributed by atoms with Crippen LogP contribution in [-0.4, -0.2) is 35.7 Å². The minimum atomic E-state index is 0.247. The summed E-state index contributed by atoms with van der Waals surface area (Å²) in [4.78, 5) is 9.24. The zero-order valence-corrected chi connectivity index (χ0v) is 15.7. The van der Waals surface area contributed by atoms with Crippen molar-refractivity contribution in [2.45, 2.75) is 59.4 Å². The molecule has 0 aliphatic heterocycles. The molecule has 0 radical (unpaired) electrons. The lowest BCUT2D eigenvalue weighted by Gasteiger charge is -2.18. The zero-order valence-electron chi connectivity index (χ0n) is 14.9. The molecule has 0 saturated heterocycles. The lowest BCUT2D eigenvalue weighted by Crippen LogP contribution is -2.40. The Labute approximate surface area is 144 Å². The average molecular weight is 341 g/mol. The quantitative estimate of drug-likeness (QED) is 0.452. The first-order chi connectivity index (χ1) is 11.1. The summed E-state index contributed by atoms with van der Waals surface area (Å²) < 4.78 is 0. The molecular weight excluding hydrogens is 308 g/mol. The highest BCUT2D eigenvalue weighted by molar-refractivity contribution is 7.09.